The fourth-order valence-corrected chi connectivity index (χ4v) is 1.76. The number of nitrogens with zero attached hydrogens (tertiary/aromatic N) is 1. The van der Waals surface area contributed by atoms with Crippen LogP contribution in [0, 0.1) is 11.3 Å². The van der Waals surface area contributed by atoms with E-state index in [-0.39, 0.29) is 12.5 Å². The summed E-state index contributed by atoms with van der Waals surface area (Å²) >= 11 is 0. The summed E-state index contributed by atoms with van der Waals surface area (Å²) in [6, 6.07) is 9.29. The van der Waals surface area contributed by atoms with Gasteiger partial charge in [0.1, 0.15) is 0 Å². The lowest BCUT2D eigenvalue weighted by atomic mass is 10.1. The maximum absolute atomic E-state index is 11.9. The molecule has 1 N–H and O–H groups in total. The van der Waals surface area contributed by atoms with E-state index in [1.807, 2.05) is 13.0 Å². The number of nitrogens with one attached hydrogen (secondary N) is 1. The van der Waals surface area contributed by atoms with Crippen LogP contribution in [0.3, 0.4) is 0 Å². The third kappa shape index (κ3) is 6.25. The predicted molar refractivity (Wildman–Crippen MR) is 67.5 cm³/mol. The number of hydrogen-bond acceptors (Lipinski definition) is 2. The summed E-state index contributed by atoms with van der Waals surface area (Å²) in [5.74, 6) is 0. The zero-order valence-corrected chi connectivity index (χ0v) is 10.8. The summed E-state index contributed by atoms with van der Waals surface area (Å²) in [5.41, 5.74) is 1.55. The van der Waals surface area contributed by atoms with E-state index in [4.69, 9.17) is 5.26 Å². The van der Waals surface area contributed by atoms with Gasteiger partial charge in [0.2, 0.25) is 0 Å². The number of hydrogen-bond donors (Lipinski definition) is 1. The molecule has 1 aromatic carbocycles. The first kappa shape index (κ1) is 15.5. The minimum Gasteiger partial charge on any atom is -0.310 e. The Labute approximate surface area is 111 Å². The molecule has 0 radical (unpaired) electrons. The van der Waals surface area contributed by atoms with Crippen LogP contribution in [0.25, 0.3) is 0 Å². The first-order chi connectivity index (χ1) is 8.92. The second kappa shape index (κ2) is 7.15. The summed E-state index contributed by atoms with van der Waals surface area (Å²) in [6.45, 7) is 2.47. The Bertz CT molecular complexity index is 435. The van der Waals surface area contributed by atoms with Gasteiger partial charge in [-0.05, 0) is 44.0 Å². The minimum absolute atomic E-state index is 0.0270. The van der Waals surface area contributed by atoms with Crippen LogP contribution in [0.1, 0.15) is 43.4 Å². The van der Waals surface area contributed by atoms with Gasteiger partial charge >= 0.3 is 6.18 Å². The molecule has 1 atom stereocenters. The molecule has 0 aliphatic carbocycles. The van der Waals surface area contributed by atoms with Gasteiger partial charge in [0.15, 0.2) is 0 Å². The number of rotatable bonds is 6. The van der Waals surface area contributed by atoms with E-state index in [0.29, 0.717) is 18.5 Å². The van der Waals surface area contributed by atoms with Crippen LogP contribution in [0.15, 0.2) is 24.3 Å². The van der Waals surface area contributed by atoms with Crippen molar-refractivity contribution < 1.29 is 13.2 Å². The van der Waals surface area contributed by atoms with E-state index in [2.05, 4.69) is 11.4 Å². The van der Waals surface area contributed by atoms with Crippen molar-refractivity contribution in [2.24, 2.45) is 0 Å². The van der Waals surface area contributed by atoms with Crippen LogP contribution in [-0.4, -0.2) is 12.7 Å². The molecule has 5 heteroatoms. The number of alkyl halides is 3. The Balaban J connectivity index is 2.31. The first-order valence-corrected chi connectivity index (χ1v) is 6.22. The summed E-state index contributed by atoms with van der Waals surface area (Å²) in [7, 11) is 0. The zero-order chi connectivity index (χ0) is 14.3. The predicted octanol–water partition coefficient (Wildman–Crippen LogP) is 3.94. The maximum Gasteiger partial charge on any atom is 0.389 e. The summed E-state index contributed by atoms with van der Waals surface area (Å²) in [5, 5.41) is 11.9. The van der Waals surface area contributed by atoms with Crippen LogP contribution in [0.4, 0.5) is 13.2 Å². The van der Waals surface area contributed by atoms with Crippen LogP contribution in [0.2, 0.25) is 0 Å². The van der Waals surface area contributed by atoms with Crippen molar-refractivity contribution in [3.8, 4) is 6.07 Å². The van der Waals surface area contributed by atoms with Crippen LogP contribution in [-0.2, 0) is 0 Å². The first-order valence-electron chi connectivity index (χ1n) is 6.22. The number of benzene rings is 1. The standard InChI is InChI=1S/C14H17F3N2/c1-11(13-6-4-5-12(9-13)10-18)19-8-3-2-7-14(15,16)17/h4-6,9,11,19H,2-3,7-8H2,1H3. The lowest BCUT2D eigenvalue weighted by Gasteiger charge is -2.14. The van der Waals surface area contributed by atoms with Crippen LogP contribution >= 0.6 is 0 Å². The molecular formula is C14H17F3N2. The number of unbranched alkanes of at least 4 members (excludes halogenated alkanes) is 1. The Morgan fingerprint density at radius 2 is 2.05 bits per heavy atom. The van der Waals surface area contributed by atoms with E-state index >= 15 is 0 Å². The average Bonchev–Trinajstić information content (AvgIpc) is 2.37. The monoisotopic (exact) mass is 270 g/mol. The Morgan fingerprint density at radius 3 is 2.68 bits per heavy atom. The largest absolute Gasteiger partial charge is 0.389 e. The van der Waals surface area contributed by atoms with Crippen molar-refractivity contribution in [1.29, 1.82) is 5.26 Å². The van der Waals surface area contributed by atoms with Crippen molar-refractivity contribution in [3.05, 3.63) is 35.4 Å². The molecule has 0 amide bonds. The fraction of sp³-hybridized carbons (Fsp3) is 0.500. The molecule has 1 rings (SSSR count). The molecule has 1 unspecified atom stereocenters. The molecule has 0 saturated carbocycles. The van der Waals surface area contributed by atoms with E-state index < -0.39 is 12.6 Å². The summed E-state index contributed by atoms with van der Waals surface area (Å²) < 4.78 is 35.8. The van der Waals surface area contributed by atoms with Gasteiger partial charge in [-0.3, -0.25) is 0 Å². The third-order valence-electron chi connectivity index (χ3n) is 2.85. The molecule has 2 nitrogen and oxygen atoms in total. The molecule has 0 aromatic heterocycles. The van der Waals surface area contributed by atoms with Crippen molar-refractivity contribution >= 4 is 0 Å². The van der Waals surface area contributed by atoms with Gasteiger partial charge in [-0.15, -0.1) is 0 Å². The van der Waals surface area contributed by atoms with Gasteiger partial charge < -0.3 is 5.32 Å². The second-order valence-electron chi connectivity index (χ2n) is 4.49. The van der Waals surface area contributed by atoms with Gasteiger partial charge in [0.25, 0.3) is 0 Å². The van der Waals surface area contributed by atoms with Crippen molar-refractivity contribution in [3.63, 3.8) is 0 Å². The lowest BCUT2D eigenvalue weighted by Crippen LogP contribution is -2.20. The second-order valence-corrected chi connectivity index (χ2v) is 4.49. The quantitative estimate of drug-likeness (QED) is 0.795. The molecule has 0 fully saturated rings. The molecule has 0 aliphatic rings. The van der Waals surface area contributed by atoms with E-state index in [1.54, 1.807) is 18.2 Å². The molecular weight excluding hydrogens is 253 g/mol. The van der Waals surface area contributed by atoms with Gasteiger partial charge in [-0.2, -0.15) is 18.4 Å². The molecule has 0 saturated heterocycles. The maximum atomic E-state index is 11.9. The lowest BCUT2D eigenvalue weighted by molar-refractivity contribution is -0.135. The summed E-state index contributed by atoms with van der Waals surface area (Å²) in [6.07, 6.45) is -4.16. The molecule has 104 valence electrons. The van der Waals surface area contributed by atoms with Crippen molar-refractivity contribution in [1.82, 2.24) is 5.32 Å². The van der Waals surface area contributed by atoms with Crippen LogP contribution < -0.4 is 5.32 Å². The molecule has 0 bridgehead atoms. The van der Waals surface area contributed by atoms with Gasteiger partial charge in [-0.25, -0.2) is 0 Å². The Kier molecular flexibility index (Phi) is 5.84. The molecule has 0 aliphatic heterocycles. The highest BCUT2D eigenvalue weighted by Gasteiger charge is 2.25. The molecule has 19 heavy (non-hydrogen) atoms. The summed E-state index contributed by atoms with van der Waals surface area (Å²) in [4.78, 5) is 0. The van der Waals surface area contributed by atoms with Crippen molar-refractivity contribution in [2.75, 3.05) is 6.54 Å². The normalized spacial score (nSPS) is 13.0. The van der Waals surface area contributed by atoms with E-state index in [9.17, 15) is 13.2 Å². The van der Waals surface area contributed by atoms with Gasteiger partial charge in [-0.1, -0.05) is 12.1 Å². The van der Waals surface area contributed by atoms with E-state index in [0.717, 1.165) is 5.56 Å². The molecule has 0 spiro atoms. The number of nitriles is 1. The number of halogens is 3. The smallest absolute Gasteiger partial charge is 0.310 e. The Hall–Kier alpha value is -1.54. The van der Waals surface area contributed by atoms with Gasteiger partial charge in [0.05, 0.1) is 11.6 Å². The third-order valence-corrected chi connectivity index (χ3v) is 2.85. The minimum atomic E-state index is -4.06. The topological polar surface area (TPSA) is 35.8 Å². The Morgan fingerprint density at radius 1 is 1.32 bits per heavy atom. The average molecular weight is 270 g/mol. The SMILES string of the molecule is CC(NCCCCC(F)(F)F)c1cccc(C#N)c1. The van der Waals surface area contributed by atoms with E-state index in [1.165, 1.54) is 0 Å². The highest BCUT2D eigenvalue weighted by atomic mass is 19.4. The highest BCUT2D eigenvalue weighted by Crippen LogP contribution is 2.22. The highest BCUT2D eigenvalue weighted by molar-refractivity contribution is 5.33. The molecule has 1 aromatic rings. The molecule has 0 heterocycles. The zero-order valence-electron chi connectivity index (χ0n) is 10.8. The van der Waals surface area contributed by atoms with Gasteiger partial charge in [0, 0.05) is 12.5 Å². The van der Waals surface area contributed by atoms with Crippen LogP contribution in [0.5, 0.6) is 0 Å². The van der Waals surface area contributed by atoms with Crippen molar-refractivity contribution in [2.45, 2.75) is 38.4 Å². The fourth-order valence-electron chi connectivity index (χ4n) is 1.76.